The fraction of sp³-hybridized carbons (Fsp3) is 0.750. The summed E-state index contributed by atoms with van der Waals surface area (Å²) in [5, 5.41) is 11.4. The maximum Gasteiger partial charge on any atom is 0.411 e. The Labute approximate surface area is 85.9 Å². The van der Waals surface area contributed by atoms with Crippen LogP contribution in [0.5, 0.6) is 0 Å². The molecule has 0 aromatic carbocycles. The zero-order valence-corrected chi connectivity index (χ0v) is 8.34. The van der Waals surface area contributed by atoms with Gasteiger partial charge in [-0.25, -0.2) is 0 Å². The normalized spacial score (nSPS) is 16.1. The molecule has 2 atom stereocenters. The van der Waals surface area contributed by atoms with Crippen LogP contribution in [0.1, 0.15) is 6.92 Å². The van der Waals surface area contributed by atoms with E-state index in [-0.39, 0.29) is 6.54 Å². The second kappa shape index (κ2) is 6.06. The Kier molecular flexibility index (Phi) is 5.81. The molecule has 0 saturated heterocycles. The number of aliphatic hydroxyl groups excluding tert-OH is 1. The number of alkyl halides is 3. The molecule has 0 aliphatic rings. The van der Waals surface area contributed by atoms with E-state index in [1.807, 2.05) is 0 Å². The molecule has 1 unspecified atom stereocenters. The van der Waals surface area contributed by atoms with Gasteiger partial charge in [0, 0.05) is 12.6 Å². The maximum atomic E-state index is 11.7. The summed E-state index contributed by atoms with van der Waals surface area (Å²) in [5.74, 6) is 0. The van der Waals surface area contributed by atoms with Crippen LogP contribution in [0, 0.1) is 0 Å². The van der Waals surface area contributed by atoms with Crippen molar-refractivity contribution in [3.05, 3.63) is 12.2 Å². The molecule has 0 aliphatic carbocycles. The highest BCUT2D eigenvalue weighted by Gasteiger charge is 2.29. The van der Waals surface area contributed by atoms with E-state index >= 15 is 0 Å². The Morgan fingerprint density at radius 3 is 2.47 bits per heavy atom. The highest BCUT2D eigenvalue weighted by Crippen LogP contribution is 2.14. The van der Waals surface area contributed by atoms with Gasteiger partial charge in [-0.05, 0) is 6.92 Å². The maximum absolute atomic E-state index is 11.7. The highest BCUT2D eigenvalue weighted by atomic mass is 19.4. The third-order valence-corrected chi connectivity index (χ3v) is 1.58. The molecule has 4 nitrogen and oxygen atoms in total. The second-order valence-corrected chi connectivity index (χ2v) is 3.08. The standard InChI is InChI=1S/C8H15F3N2O2/c1-5(2)6(3-12)13-7(14)15-4-8(9,10)11/h6-7,13-14H,1,3-4,12H2,2H3/t6-,7?/m1/s1. The molecule has 0 spiro atoms. The highest BCUT2D eigenvalue weighted by molar-refractivity contribution is 5.01. The van der Waals surface area contributed by atoms with Crippen LogP contribution in [0.4, 0.5) is 13.2 Å². The first-order valence-corrected chi connectivity index (χ1v) is 4.24. The van der Waals surface area contributed by atoms with Crippen molar-refractivity contribution in [2.24, 2.45) is 5.73 Å². The molecule has 0 saturated carbocycles. The van der Waals surface area contributed by atoms with E-state index in [9.17, 15) is 13.2 Å². The first-order chi connectivity index (χ1) is 6.76. The minimum atomic E-state index is -4.47. The molecule has 0 radical (unpaired) electrons. The lowest BCUT2D eigenvalue weighted by atomic mass is 10.1. The largest absolute Gasteiger partial charge is 0.411 e. The van der Waals surface area contributed by atoms with E-state index in [0.29, 0.717) is 5.57 Å². The van der Waals surface area contributed by atoms with E-state index in [0.717, 1.165) is 0 Å². The first-order valence-electron chi connectivity index (χ1n) is 4.24. The minimum Gasteiger partial charge on any atom is -0.356 e. The van der Waals surface area contributed by atoms with E-state index in [2.05, 4.69) is 16.6 Å². The summed E-state index contributed by atoms with van der Waals surface area (Å²) >= 11 is 0. The van der Waals surface area contributed by atoms with Gasteiger partial charge in [0.05, 0.1) is 0 Å². The van der Waals surface area contributed by atoms with Crippen LogP contribution in [0.2, 0.25) is 0 Å². The van der Waals surface area contributed by atoms with Crippen molar-refractivity contribution in [1.29, 1.82) is 0 Å². The summed E-state index contributed by atoms with van der Waals surface area (Å²) in [4.78, 5) is 0. The summed E-state index contributed by atoms with van der Waals surface area (Å²) in [7, 11) is 0. The number of hydrogen-bond donors (Lipinski definition) is 3. The lowest BCUT2D eigenvalue weighted by molar-refractivity contribution is -0.224. The van der Waals surface area contributed by atoms with Crippen LogP contribution < -0.4 is 11.1 Å². The van der Waals surface area contributed by atoms with Gasteiger partial charge >= 0.3 is 6.18 Å². The van der Waals surface area contributed by atoms with E-state index in [1.165, 1.54) is 0 Å². The Morgan fingerprint density at radius 1 is 1.60 bits per heavy atom. The fourth-order valence-corrected chi connectivity index (χ4v) is 0.805. The van der Waals surface area contributed by atoms with Crippen molar-refractivity contribution in [2.75, 3.05) is 13.2 Å². The van der Waals surface area contributed by atoms with Crippen molar-refractivity contribution in [2.45, 2.75) is 25.6 Å². The van der Waals surface area contributed by atoms with Gasteiger partial charge in [0.25, 0.3) is 0 Å². The monoisotopic (exact) mass is 228 g/mol. The van der Waals surface area contributed by atoms with Crippen molar-refractivity contribution in [3.63, 3.8) is 0 Å². The first kappa shape index (κ1) is 14.4. The predicted molar refractivity (Wildman–Crippen MR) is 48.8 cm³/mol. The Bertz CT molecular complexity index is 209. The molecule has 0 bridgehead atoms. The Hall–Kier alpha value is -0.630. The molecule has 0 amide bonds. The molecule has 0 aromatic heterocycles. The van der Waals surface area contributed by atoms with Crippen LogP contribution in [0.15, 0.2) is 12.2 Å². The molecule has 7 heteroatoms. The van der Waals surface area contributed by atoms with E-state index in [1.54, 1.807) is 6.92 Å². The molecule has 0 heterocycles. The predicted octanol–water partition coefficient (Wildman–Crippen LogP) is 0.334. The Morgan fingerprint density at radius 2 is 2.13 bits per heavy atom. The molecule has 4 N–H and O–H groups in total. The smallest absolute Gasteiger partial charge is 0.356 e. The van der Waals surface area contributed by atoms with Gasteiger partial charge in [-0.15, -0.1) is 0 Å². The van der Waals surface area contributed by atoms with Gasteiger partial charge in [0.2, 0.25) is 6.41 Å². The molecule has 0 aromatic rings. The van der Waals surface area contributed by atoms with E-state index in [4.69, 9.17) is 10.8 Å². The zero-order valence-electron chi connectivity index (χ0n) is 8.34. The van der Waals surface area contributed by atoms with Crippen LogP contribution in [0.3, 0.4) is 0 Å². The quantitative estimate of drug-likeness (QED) is 0.453. The van der Waals surface area contributed by atoms with Gasteiger partial charge in [-0.2, -0.15) is 13.2 Å². The number of nitrogens with two attached hydrogens (primary N) is 1. The van der Waals surface area contributed by atoms with Crippen molar-refractivity contribution in [1.82, 2.24) is 5.32 Å². The van der Waals surface area contributed by atoms with Gasteiger partial charge in [-0.3, -0.25) is 5.32 Å². The molecule has 0 rings (SSSR count). The van der Waals surface area contributed by atoms with Crippen LogP contribution in [-0.2, 0) is 4.74 Å². The molecular weight excluding hydrogens is 213 g/mol. The topological polar surface area (TPSA) is 67.5 Å². The fourth-order valence-electron chi connectivity index (χ4n) is 0.805. The van der Waals surface area contributed by atoms with Crippen molar-refractivity contribution >= 4 is 0 Å². The van der Waals surface area contributed by atoms with Gasteiger partial charge in [0.15, 0.2) is 0 Å². The number of ether oxygens (including phenoxy) is 1. The number of nitrogens with one attached hydrogen (secondary N) is 1. The van der Waals surface area contributed by atoms with E-state index < -0.39 is 25.2 Å². The zero-order chi connectivity index (χ0) is 12.1. The summed E-state index contributed by atoms with van der Waals surface area (Å²) in [6.45, 7) is 3.79. The third kappa shape index (κ3) is 7.32. The van der Waals surface area contributed by atoms with Gasteiger partial charge < -0.3 is 15.6 Å². The summed E-state index contributed by atoms with van der Waals surface area (Å²) in [5.41, 5.74) is 5.90. The lowest BCUT2D eigenvalue weighted by Gasteiger charge is -2.21. The lowest BCUT2D eigenvalue weighted by Crippen LogP contribution is -2.45. The molecule has 15 heavy (non-hydrogen) atoms. The summed E-state index contributed by atoms with van der Waals surface area (Å²) in [6, 6.07) is -0.478. The average Bonchev–Trinajstić information content (AvgIpc) is 2.09. The second-order valence-electron chi connectivity index (χ2n) is 3.08. The molecule has 0 fully saturated rings. The average molecular weight is 228 g/mol. The summed E-state index contributed by atoms with van der Waals surface area (Å²) < 4.78 is 39.2. The van der Waals surface area contributed by atoms with Crippen LogP contribution in [-0.4, -0.2) is 36.9 Å². The van der Waals surface area contributed by atoms with Crippen LogP contribution in [0.25, 0.3) is 0 Å². The van der Waals surface area contributed by atoms with Gasteiger partial charge in [0.1, 0.15) is 6.61 Å². The molecular formula is C8H15F3N2O2. The number of rotatable bonds is 6. The Balaban J connectivity index is 3.91. The van der Waals surface area contributed by atoms with Crippen molar-refractivity contribution in [3.8, 4) is 0 Å². The SMILES string of the molecule is C=C(C)[C@@H](CN)NC(O)OCC(F)(F)F. The van der Waals surface area contributed by atoms with Crippen LogP contribution >= 0.6 is 0 Å². The third-order valence-electron chi connectivity index (χ3n) is 1.58. The minimum absolute atomic E-state index is 0.113. The number of hydrogen-bond acceptors (Lipinski definition) is 4. The number of halogens is 3. The molecule has 0 aliphatic heterocycles. The summed E-state index contributed by atoms with van der Waals surface area (Å²) in [6.07, 6.45) is -6.18. The van der Waals surface area contributed by atoms with Gasteiger partial charge in [-0.1, -0.05) is 12.2 Å². The van der Waals surface area contributed by atoms with Crippen molar-refractivity contribution < 1.29 is 23.0 Å². The number of aliphatic hydroxyl groups is 1. The molecule has 90 valence electrons.